The SMILES string of the molecule is CC(C)(C)c1cc(-c2c3c(nc4c2CCc2ccc(-c5cc(-c6ccccn6)nc(-c6ccccn6)c5)cc2-4)-c2cc(-c4cc(-c5ccccn5)nc(-c5ccccn5)c4)ccc2CC3)cc(C(C)(C)C)c1. The molecule has 10 aromatic rings. The lowest BCUT2D eigenvalue weighted by molar-refractivity contribution is 0.569. The van der Waals surface area contributed by atoms with Crippen LogP contribution in [-0.4, -0.2) is 34.9 Å². The fourth-order valence-corrected chi connectivity index (χ4v) is 10.5. The average molecular weight is 934 g/mol. The van der Waals surface area contributed by atoms with Crippen LogP contribution in [0.1, 0.15) is 74.9 Å². The fraction of sp³-hybridized carbons (Fsp3) is 0.185. The lowest BCUT2D eigenvalue weighted by Gasteiger charge is -2.31. The predicted molar refractivity (Wildman–Crippen MR) is 292 cm³/mol. The van der Waals surface area contributed by atoms with Gasteiger partial charge in [-0.2, -0.15) is 0 Å². The van der Waals surface area contributed by atoms with Crippen LogP contribution in [0.3, 0.4) is 0 Å². The Kier molecular flexibility index (Phi) is 11.1. The largest absolute Gasteiger partial charge is 0.255 e. The molecule has 7 nitrogen and oxygen atoms in total. The van der Waals surface area contributed by atoms with Gasteiger partial charge in [0.15, 0.2) is 0 Å². The van der Waals surface area contributed by atoms with Crippen molar-refractivity contribution in [3.05, 3.63) is 210 Å². The number of pyridine rings is 7. The third kappa shape index (κ3) is 8.49. The van der Waals surface area contributed by atoms with Gasteiger partial charge in [-0.15, -0.1) is 0 Å². The summed E-state index contributed by atoms with van der Waals surface area (Å²) >= 11 is 0. The second-order valence-electron chi connectivity index (χ2n) is 21.3. The summed E-state index contributed by atoms with van der Waals surface area (Å²) < 4.78 is 0. The summed E-state index contributed by atoms with van der Waals surface area (Å²) in [4.78, 5) is 35.0. The Balaban J connectivity index is 1.09. The maximum atomic E-state index is 5.93. The number of hydrogen-bond acceptors (Lipinski definition) is 7. The molecule has 2 aliphatic carbocycles. The Hall–Kier alpha value is -8.29. The monoisotopic (exact) mass is 933 g/mol. The molecule has 0 amide bonds. The standard InChI is InChI=1S/C65H55N7/c1-64(2,3)47-31-46(32-48(39-47)65(4,5)6)61-49-25-23-40-19-21-42(44-35-57(53-15-7-11-27-66-53)70-58(36-44)54-16-8-12-28-67-54)33-51(40)62(49)72-63-50(61)26-24-41-20-22-43(34-52(41)63)45-37-59(55-17-9-13-29-68-55)71-60(38-45)56-18-10-14-30-69-56/h7-22,27-39H,23-26H2,1-6H3. The first-order valence-electron chi connectivity index (χ1n) is 25.1. The minimum atomic E-state index is -0.0499. The molecule has 7 aromatic heterocycles. The molecule has 0 saturated carbocycles. The first kappa shape index (κ1) is 44.9. The molecule has 0 bridgehead atoms. The molecule has 2 aliphatic rings. The van der Waals surface area contributed by atoms with E-state index in [1.165, 1.54) is 55.6 Å². The van der Waals surface area contributed by atoms with Gasteiger partial charge in [0.25, 0.3) is 0 Å². The smallest absolute Gasteiger partial charge is 0.0900 e. The van der Waals surface area contributed by atoms with Gasteiger partial charge < -0.3 is 0 Å². The van der Waals surface area contributed by atoms with Crippen LogP contribution in [0.4, 0.5) is 0 Å². The number of benzene rings is 3. The highest BCUT2D eigenvalue weighted by molar-refractivity contribution is 5.91. The summed E-state index contributed by atoms with van der Waals surface area (Å²) in [6, 6.07) is 53.8. The molecule has 0 radical (unpaired) electrons. The fourth-order valence-electron chi connectivity index (χ4n) is 10.5. The van der Waals surface area contributed by atoms with E-state index in [0.29, 0.717) is 0 Å². The van der Waals surface area contributed by atoms with Gasteiger partial charge in [-0.3, -0.25) is 19.9 Å². The lowest BCUT2D eigenvalue weighted by atomic mass is 9.74. The molecular weight excluding hydrogens is 879 g/mol. The highest BCUT2D eigenvalue weighted by Gasteiger charge is 2.32. The number of hydrogen-bond donors (Lipinski definition) is 0. The molecule has 0 aliphatic heterocycles. The number of aryl methyl sites for hydroxylation is 2. The summed E-state index contributed by atoms with van der Waals surface area (Å²) in [5.41, 5.74) is 25.7. The van der Waals surface area contributed by atoms with Gasteiger partial charge >= 0.3 is 0 Å². The lowest BCUT2D eigenvalue weighted by Crippen LogP contribution is -2.18. The van der Waals surface area contributed by atoms with Crippen molar-refractivity contribution in [3.8, 4) is 101 Å². The normalized spacial score (nSPS) is 12.9. The average Bonchev–Trinajstić information content (AvgIpc) is 3.42. The zero-order chi connectivity index (χ0) is 49.1. The molecule has 0 N–H and O–H groups in total. The first-order valence-corrected chi connectivity index (χ1v) is 25.1. The Morgan fingerprint density at radius 1 is 0.319 bits per heavy atom. The third-order valence-electron chi connectivity index (χ3n) is 14.4. The number of aromatic nitrogens is 7. The summed E-state index contributed by atoms with van der Waals surface area (Å²) in [5.74, 6) is 0. The van der Waals surface area contributed by atoms with Gasteiger partial charge in [0, 0.05) is 35.9 Å². The highest BCUT2D eigenvalue weighted by Crippen LogP contribution is 2.49. The van der Waals surface area contributed by atoms with Crippen molar-refractivity contribution in [2.45, 2.75) is 78.1 Å². The van der Waals surface area contributed by atoms with Crippen LogP contribution >= 0.6 is 0 Å². The van der Waals surface area contributed by atoms with Crippen molar-refractivity contribution < 1.29 is 0 Å². The van der Waals surface area contributed by atoms with E-state index < -0.39 is 0 Å². The zero-order valence-electron chi connectivity index (χ0n) is 41.7. The van der Waals surface area contributed by atoms with Crippen LogP contribution in [0.5, 0.6) is 0 Å². The van der Waals surface area contributed by atoms with E-state index in [1.54, 1.807) is 0 Å². The van der Waals surface area contributed by atoms with Crippen LogP contribution in [0.25, 0.3) is 101 Å². The maximum Gasteiger partial charge on any atom is 0.0900 e. The molecule has 0 atom stereocenters. The minimum absolute atomic E-state index is 0.0499. The molecule has 0 spiro atoms. The van der Waals surface area contributed by atoms with Gasteiger partial charge in [0.2, 0.25) is 0 Å². The van der Waals surface area contributed by atoms with Crippen molar-refractivity contribution in [3.63, 3.8) is 0 Å². The van der Waals surface area contributed by atoms with Crippen molar-refractivity contribution in [1.82, 2.24) is 34.9 Å². The summed E-state index contributed by atoms with van der Waals surface area (Å²) in [7, 11) is 0. The second-order valence-corrected chi connectivity index (χ2v) is 21.3. The first-order chi connectivity index (χ1) is 34.9. The maximum absolute atomic E-state index is 5.93. The molecular formula is C65H55N7. The van der Waals surface area contributed by atoms with Crippen molar-refractivity contribution in [2.75, 3.05) is 0 Å². The van der Waals surface area contributed by atoms with Gasteiger partial charge in [-0.05, 0) is 188 Å². The third-order valence-corrected chi connectivity index (χ3v) is 14.4. The van der Waals surface area contributed by atoms with Crippen molar-refractivity contribution in [2.24, 2.45) is 0 Å². The predicted octanol–water partition coefficient (Wildman–Crippen LogP) is 15.2. The van der Waals surface area contributed by atoms with E-state index >= 15 is 0 Å². The minimum Gasteiger partial charge on any atom is -0.255 e. The Morgan fingerprint density at radius 3 is 1.03 bits per heavy atom. The van der Waals surface area contributed by atoms with E-state index in [9.17, 15) is 0 Å². The molecule has 350 valence electrons. The second kappa shape index (κ2) is 17.8. The van der Waals surface area contributed by atoms with Gasteiger partial charge in [-0.25, -0.2) is 15.0 Å². The topological polar surface area (TPSA) is 90.2 Å². The molecule has 0 unspecified atom stereocenters. The Labute approximate surface area is 422 Å². The molecule has 7 heterocycles. The quantitative estimate of drug-likeness (QED) is 0.157. The molecule has 12 rings (SSSR count). The summed E-state index contributed by atoms with van der Waals surface area (Å²) in [6.45, 7) is 14.0. The molecule has 0 saturated heterocycles. The van der Waals surface area contributed by atoms with Crippen LogP contribution < -0.4 is 0 Å². The van der Waals surface area contributed by atoms with Gasteiger partial charge in [0.05, 0.1) is 56.9 Å². The van der Waals surface area contributed by atoms with Crippen LogP contribution in [0.15, 0.2) is 176 Å². The summed E-state index contributed by atoms with van der Waals surface area (Å²) in [6.07, 6.45) is 10.9. The highest BCUT2D eigenvalue weighted by atomic mass is 14.8. The van der Waals surface area contributed by atoms with Crippen molar-refractivity contribution >= 4 is 0 Å². The van der Waals surface area contributed by atoms with E-state index in [0.717, 1.165) is 105 Å². The Morgan fingerprint density at radius 2 is 0.694 bits per heavy atom. The zero-order valence-corrected chi connectivity index (χ0v) is 41.7. The Bertz CT molecular complexity index is 3340. The van der Waals surface area contributed by atoms with Gasteiger partial charge in [0.1, 0.15) is 0 Å². The van der Waals surface area contributed by atoms with Crippen LogP contribution in [0, 0.1) is 0 Å². The number of nitrogens with zero attached hydrogens (tertiary/aromatic N) is 7. The van der Waals surface area contributed by atoms with E-state index in [2.05, 4.69) is 120 Å². The van der Waals surface area contributed by atoms with Crippen molar-refractivity contribution in [1.29, 1.82) is 0 Å². The van der Waals surface area contributed by atoms with E-state index in [-0.39, 0.29) is 10.8 Å². The number of rotatable bonds is 7. The van der Waals surface area contributed by atoms with E-state index in [1.807, 2.05) is 97.6 Å². The molecule has 0 fully saturated rings. The summed E-state index contributed by atoms with van der Waals surface area (Å²) in [5, 5.41) is 0. The molecule has 7 heteroatoms. The van der Waals surface area contributed by atoms with Gasteiger partial charge in [-0.1, -0.05) is 108 Å². The van der Waals surface area contributed by atoms with Crippen LogP contribution in [0.2, 0.25) is 0 Å². The van der Waals surface area contributed by atoms with E-state index in [4.69, 9.17) is 34.9 Å². The number of fused-ring (bicyclic) bond motifs is 6. The molecule has 72 heavy (non-hydrogen) atoms. The molecule has 3 aromatic carbocycles. The van der Waals surface area contributed by atoms with Crippen LogP contribution in [-0.2, 0) is 36.5 Å².